The molecular formula is C27H20N4O5. The Morgan fingerprint density at radius 2 is 1.53 bits per heavy atom. The van der Waals surface area contributed by atoms with Gasteiger partial charge in [-0.1, -0.05) is 42.5 Å². The van der Waals surface area contributed by atoms with Crippen LogP contribution in [0.4, 0.5) is 17.1 Å². The van der Waals surface area contributed by atoms with E-state index in [0.717, 1.165) is 16.0 Å². The van der Waals surface area contributed by atoms with Gasteiger partial charge in [0.05, 0.1) is 28.5 Å². The van der Waals surface area contributed by atoms with Crippen LogP contribution in [0.3, 0.4) is 0 Å². The Balaban J connectivity index is 1.43. The van der Waals surface area contributed by atoms with Gasteiger partial charge >= 0.3 is 0 Å². The Labute approximate surface area is 205 Å². The maximum absolute atomic E-state index is 13.8. The normalized spacial score (nSPS) is 23.8. The molecule has 0 aliphatic carbocycles. The molecule has 0 aromatic heterocycles. The van der Waals surface area contributed by atoms with Gasteiger partial charge in [-0.25, -0.2) is 4.90 Å². The molecule has 3 aromatic carbocycles. The number of nitrogens with one attached hydrogen (secondary N) is 1. The molecule has 9 heteroatoms. The van der Waals surface area contributed by atoms with Gasteiger partial charge in [-0.2, -0.15) is 0 Å². The van der Waals surface area contributed by atoms with Crippen molar-refractivity contribution >= 4 is 40.9 Å². The highest BCUT2D eigenvalue weighted by atomic mass is 16.6. The number of amides is 3. The fourth-order valence-corrected chi connectivity index (χ4v) is 5.57. The van der Waals surface area contributed by atoms with E-state index >= 15 is 0 Å². The molecule has 0 bridgehead atoms. The van der Waals surface area contributed by atoms with Gasteiger partial charge in [-0.15, -0.1) is 0 Å². The minimum Gasteiger partial charge on any atom is -0.357 e. The maximum Gasteiger partial charge on any atom is 0.269 e. The van der Waals surface area contributed by atoms with Crippen molar-refractivity contribution < 1.29 is 19.3 Å². The molecule has 0 saturated carbocycles. The van der Waals surface area contributed by atoms with Crippen molar-refractivity contribution in [1.29, 1.82) is 0 Å². The summed E-state index contributed by atoms with van der Waals surface area (Å²) in [7, 11) is 0. The number of fused-ring (bicyclic) bond motifs is 5. The van der Waals surface area contributed by atoms with Crippen LogP contribution >= 0.6 is 0 Å². The number of carbonyl (C=O) groups is 3. The summed E-state index contributed by atoms with van der Waals surface area (Å²) in [5.74, 6) is -3.00. The van der Waals surface area contributed by atoms with E-state index in [9.17, 15) is 24.5 Å². The fraction of sp³-hybridized carbons (Fsp3) is 0.148. The summed E-state index contributed by atoms with van der Waals surface area (Å²) in [5.41, 5.74) is 2.49. The van der Waals surface area contributed by atoms with Gasteiger partial charge in [-0.3, -0.25) is 24.5 Å². The summed E-state index contributed by atoms with van der Waals surface area (Å²) in [6, 6.07) is 20.5. The third-order valence-corrected chi connectivity index (χ3v) is 7.09. The van der Waals surface area contributed by atoms with Crippen LogP contribution in [0.1, 0.15) is 17.2 Å². The molecule has 3 aliphatic heterocycles. The van der Waals surface area contributed by atoms with Crippen LogP contribution in [0.5, 0.6) is 0 Å². The second-order valence-electron chi connectivity index (χ2n) is 8.97. The van der Waals surface area contributed by atoms with E-state index in [4.69, 9.17) is 0 Å². The van der Waals surface area contributed by atoms with Gasteiger partial charge in [0.2, 0.25) is 17.7 Å². The largest absolute Gasteiger partial charge is 0.357 e. The van der Waals surface area contributed by atoms with Gasteiger partial charge in [0, 0.05) is 24.0 Å². The Kier molecular flexibility index (Phi) is 4.92. The molecule has 3 aromatic rings. The SMILES string of the molecule is O=C(Nc1ccccc1)[C@H]1[C@@H]2C(=O)N(c3ccc([N+](=O)[O-])cc3)C(=O)[C@@H]2[C@H]2c3ccccc3C=CN21. The number of hydrogen-bond donors (Lipinski definition) is 1. The number of hydrogen-bond acceptors (Lipinski definition) is 6. The summed E-state index contributed by atoms with van der Waals surface area (Å²) in [5, 5.41) is 14.0. The average molecular weight is 480 g/mol. The molecule has 4 atom stereocenters. The first-order chi connectivity index (χ1) is 17.5. The second-order valence-corrected chi connectivity index (χ2v) is 8.97. The number of para-hydroxylation sites is 1. The van der Waals surface area contributed by atoms with E-state index in [-0.39, 0.29) is 17.3 Å². The number of rotatable bonds is 4. The number of benzene rings is 3. The van der Waals surface area contributed by atoms with Crippen LogP contribution in [-0.4, -0.2) is 33.6 Å². The number of imide groups is 1. The zero-order chi connectivity index (χ0) is 25.0. The van der Waals surface area contributed by atoms with E-state index in [1.54, 1.807) is 30.5 Å². The topological polar surface area (TPSA) is 113 Å². The van der Waals surface area contributed by atoms with E-state index in [1.165, 1.54) is 24.3 Å². The predicted molar refractivity (Wildman–Crippen MR) is 131 cm³/mol. The zero-order valence-corrected chi connectivity index (χ0v) is 18.9. The second kappa shape index (κ2) is 8.16. The molecule has 178 valence electrons. The monoisotopic (exact) mass is 480 g/mol. The van der Waals surface area contributed by atoms with Gasteiger partial charge in [0.15, 0.2) is 0 Å². The van der Waals surface area contributed by atoms with Crippen molar-refractivity contribution in [3.63, 3.8) is 0 Å². The number of nitrogens with zero attached hydrogens (tertiary/aromatic N) is 3. The lowest BCUT2D eigenvalue weighted by Gasteiger charge is -2.35. The Hall–Kier alpha value is -4.79. The molecule has 36 heavy (non-hydrogen) atoms. The first-order valence-electron chi connectivity index (χ1n) is 11.5. The number of non-ortho nitro benzene ring substituents is 1. The highest BCUT2D eigenvalue weighted by Gasteiger charge is 2.64. The molecule has 3 heterocycles. The lowest BCUT2D eigenvalue weighted by Crippen LogP contribution is -2.46. The van der Waals surface area contributed by atoms with Crippen LogP contribution in [0.25, 0.3) is 6.08 Å². The van der Waals surface area contributed by atoms with Gasteiger partial charge in [0.1, 0.15) is 6.04 Å². The third kappa shape index (κ3) is 3.20. The van der Waals surface area contributed by atoms with Crippen molar-refractivity contribution in [2.24, 2.45) is 11.8 Å². The van der Waals surface area contributed by atoms with Crippen molar-refractivity contribution in [2.45, 2.75) is 12.1 Å². The molecule has 3 aliphatic rings. The molecule has 1 N–H and O–H groups in total. The minimum absolute atomic E-state index is 0.143. The summed E-state index contributed by atoms with van der Waals surface area (Å²) in [6.45, 7) is 0. The van der Waals surface area contributed by atoms with E-state index < -0.39 is 40.7 Å². The van der Waals surface area contributed by atoms with Crippen LogP contribution in [-0.2, 0) is 14.4 Å². The van der Waals surface area contributed by atoms with E-state index in [0.29, 0.717) is 5.69 Å². The number of carbonyl (C=O) groups excluding carboxylic acids is 3. The summed E-state index contributed by atoms with van der Waals surface area (Å²) >= 11 is 0. The van der Waals surface area contributed by atoms with E-state index in [2.05, 4.69) is 5.32 Å². The molecule has 2 saturated heterocycles. The summed E-state index contributed by atoms with van der Waals surface area (Å²) in [4.78, 5) is 54.6. The van der Waals surface area contributed by atoms with Crippen molar-refractivity contribution in [3.8, 4) is 0 Å². The predicted octanol–water partition coefficient (Wildman–Crippen LogP) is 3.75. The Morgan fingerprint density at radius 3 is 2.25 bits per heavy atom. The first kappa shape index (κ1) is 21.7. The summed E-state index contributed by atoms with van der Waals surface area (Å²) < 4.78 is 0. The maximum atomic E-state index is 13.8. The Bertz CT molecular complexity index is 1440. The molecule has 0 radical (unpaired) electrons. The molecule has 9 nitrogen and oxygen atoms in total. The van der Waals surface area contributed by atoms with Crippen LogP contribution < -0.4 is 10.2 Å². The molecule has 2 fully saturated rings. The smallest absolute Gasteiger partial charge is 0.269 e. The van der Waals surface area contributed by atoms with Crippen LogP contribution in [0, 0.1) is 22.0 Å². The van der Waals surface area contributed by atoms with Gasteiger partial charge in [-0.05, 0) is 41.5 Å². The lowest BCUT2D eigenvalue weighted by molar-refractivity contribution is -0.384. The van der Waals surface area contributed by atoms with Crippen molar-refractivity contribution in [1.82, 2.24) is 4.90 Å². The first-order valence-corrected chi connectivity index (χ1v) is 11.5. The number of nitro benzene ring substituents is 1. The third-order valence-electron chi connectivity index (χ3n) is 7.09. The average Bonchev–Trinajstić information content (AvgIpc) is 3.37. The summed E-state index contributed by atoms with van der Waals surface area (Å²) in [6.07, 6.45) is 3.68. The number of anilines is 2. The molecule has 0 unspecified atom stereocenters. The lowest BCUT2D eigenvalue weighted by atomic mass is 9.84. The highest BCUT2D eigenvalue weighted by molar-refractivity contribution is 6.24. The fourth-order valence-electron chi connectivity index (χ4n) is 5.57. The molecular weight excluding hydrogens is 460 g/mol. The van der Waals surface area contributed by atoms with Gasteiger partial charge in [0.25, 0.3) is 5.69 Å². The zero-order valence-electron chi connectivity index (χ0n) is 18.9. The van der Waals surface area contributed by atoms with Crippen LogP contribution in [0.15, 0.2) is 85.1 Å². The minimum atomic E-state index is -0.919. The molecule has 6 rings (SSSR count). The van der Waals surface area contributed by atoms with E-state index in [1.807, 2.05) is 41.3 Å². The van der Waals surface area contributed by atoms with Crippen LogP contribution in [0.2, 0.25) is 0 Å². The van der Waals surface area contributed by atoms with Gasteiger partial charge < -0.3 is 10.2 Å². The quantitative estimate of drug-likeness (QED) is 0.346. The standard InChI is InChI=1S/C27H20N4O5/c32-25(28-17-7-2-1-3-8-17)24-22-21(23-20-9-5-4-6-16(20)14-15-29(23)24)26(33)30(27(22)34)18-10-12-19(13-11-18)31(35)36/h1-15,21-24H,(H,28,32)/t21-,22+,23+,24+/m0/s1. The number of nitro groups is 1. The molecule has 0 spiro atoms. The highest BCUT2D eigenvalue weighted by Crippen LogP contribution is 2.53. The van der Waals surface area contributed by atoms with Crippen molar-refractivity contribution in [2.75, 3.05) is 10.2 Å². The Morgan fingerprint density at radius 1 is 0.861 bits per heavy atom. The van der Waals surface area contributed by atoms with Crippen molar-refractivity contribution in [3.05, 3.63) is 106 Å². The molecule has 3 amide bonds.